The van der Waals surface area contributed by atoms with E-state index in [1.807, 2.05) is 38.1 Å². The van der Waals surface area contributed by atoms with Crippen molar-refractivity contribution in [2.75, 3.05) is 0 Å². The number of aliphatic hydroxyl groups is 3. The molecule has 0 aliphatic heterocycles. The summed E-state index contributed by atoms with van der Waals surface area (Å²) in [5.41, 5.74) is 4.42. The van der Waals surface area contributed by atoms with Crippen molar-refractivity contribution in [3.8, 4) is 0 Å². The van der Waals surface area contributed by atoms with Gasteiger partial charge in [0.15, 0.2) is 0 Å². The molecule has 2 rings (SSSR count). The van der Waals surface area contributed by atoms with Crippen molar-refractivity contribution in [2.24, 2.45) is 0 Å². The van der Waals surface area contributed by atoms with Crippen molar-refractivity contribution >= 4 is 12.2 Å². The van der Waals surface area contributed by atoms with Crippen molar-refractivity contribution in [3.05, 3.63) is 70.3 Å². The average molecular weight is 354 g/mol. The van der Waals surface area contributed by atoms with E-state index < -0.39 is 5.60 Å². The first-order valence-electron chi connectivity index (χ1n) is 9.23. The molecule has 0 aromatic heterocycles. The van der Waals surface area contributed by atoms with Crippen LogP contribution >= 0.6 is 0 Å². The summed E-state index contributed by atoms with van der Waals surface area (Å²) in [4.78, 5) is 0. The van der Waals surface area contributed by atoms with Crippen LogP contribution in [0, 0.1) is 0 Å². The largest absolute Gasteiger partial charge is 0.392 e. The minimum Gasteiger partial charge on any atom is -0.392 e. The van der Waals surface area contributed by atoms with E-state index >= 15 is 0 Å². The van der Waals surface area contributed by atoms with Crippen molar-refractivity contribution in [1.29, 1.82) is 0 Å². The van der Waals surface area contributed by atoms with Crippen molar-refractivity contribution in [3.63, 3.8) is 0 Å². The normalized spacial score (nSPS) is 12.0. The lowest BCUT2D eigenvalue weighted by atomic mass is 9.98. The van der Waals surface area contributed by atoms with E-state index in [2.05, 4.69) is 30.3 Å². The number of hydrogen-bond donors (Lipinski definition) is 3. The van der Waals surface area contributed by atoms with Gasteiger partial charge in [0.1, 0.15) is 0 Å². The summed E-state index contributed by atoms with van der Waals surface area (Å²) in [7, 11) is 0. The Morgan fingerprint density at radius 2 is 1.42 bits per heavy atom. The molecule has 2 aromatic carbocycles. The van der Waals surface area contributed by atoms with Crippen LogP contribution in [-0.4, -0.2) is 20.9 Å². The Balaban J connectivity index is 2.00. The molecule has 0 saturated carbocycles. The van der Waals surface area contributed by atoms with Gasteiger partial charge in [-0.05, 0) is 73.1 Å². The maximum atomic E-state index is 9.77. The topological polar surface area (TPSA) is 60.7 Å². The van der Waals surface area contributed by atoms with Crippen LogP contribution in [0.1, 0.15) is 60.9 Å². The molecule has 0 amide bonds. The number of unbranched alkanes of at least 4 members (excludes halogenated alkanes) is 1. The lowest BCUT2D eigenvalue weighted by Gasteiger charge is -2.16. The highest BCUT2D eigenvalue weighted by Gasteiger charge is 2.11. The Morgan fingerprint density at radius 1 is 0.808 bits per heavy atom. The Labute approximate surface area is 156 Å². The fourth-order valence-electron chi connectivity index (χ4n) is 3.00. The second-order valence-electron chi connectivity index (χ2n) is 7.50. The highest BCUT2D eigenvalue weighted by Crippen LogP contribution is 2.17. The fourth-order valence-corrected chi connectivity index (χ4v) is 3.00. The number of benzene rings is 2. The van der Waals surface area contributed by atoms with Gasteiger partial charge in [0.05, 0.1) is 18.8 Å². The van der Waals surface area contributed by atoms with Gasteiger partial charge in [0, 0.05) is 0 Å². The molecule has 0 radical (unpaired) electrons. The van der Waals surface area contributed by atoms with Gasteiger partial charge in [0.2, 0.25) is 0 Å². The van der Waals surface area contributed by atoms with E-state index in [4.69, 9.17) is 0 Å². The zero-order valence-electron chi connectivity index (χ0n) is 15.8. The molecule has 0 atom stereocenters. The van der Waals surface area contributed by atoms with E-state index in [0.29, 0.717) is 0 Å². The molecule has 0 saturated heterocycles. The molecule has 2 aromatic rings. The van der Waals surface area contributed by atoms with Crippen LogP contribution in [-0.2, 0) is 19.6 Å². The maximum Gasteiger partial charge on any atom is 0.0682 e. The van der Waals surface area contributed by atoms with E-state index in [-0.39, 0.29) is 13.2 Å². The molecule has 3 heteroatoms. The zero-order chi connectivity index (χ0) is 19.0. The van der Waals surface area contributed by atoms with Crippen LogP contribution in [0.2, 0.25) is 0 Å². The number of rotatable bonds is 9. The first-order chi connectivity index (χ1) is 12.4. The zero-order valence-corrected chi connectivity index (χ0v) is 15.8. The van der Waals surface area contributed by atoms with Crippen LogP contribution < -0.4 is 0 Å². The molecule has 3 N–H and O–H groups in total. The molecule has 0 bridgehead atoms. The number of hydrogen-bond acceptors (Lipinski definition) is 3. The lowest BCUT2D eigenvalue weighted by Crippen LogP contribution is -2.17. The van der Waals surface area contributed by atoms with Crippen LogP contribution in [0.25, 0.3) is 12.2 Å². The minimum absolute atomic E-state index is 0.0329. The third-order valence-electron chi connectivity index (χ3n) is 4.36. The van der Waals surface area contributed by atoms with Crippen LogP contribution in [0.3, 0.4) is 0 Å². The van der Waals surface area contributed by atoms with Crippen LogP contribution in [0.5, 0.6) is 0 Å². The Kier molecular flexibility index (Phi) is 7.58. The quantitative estimate of drug-likeness (QED) is 0.464. The molecule has 0 aliphatic rings. The number of aryl methyl sites for hydroxylation is 1. The summed E-state index contributed by atoms with van der Waals surface area (Å²) in [5.74, 6) is 0. The summed E-state index contributed by atoms with van der Waals surface area (Å²) in [6, 6.07) is 14.1. The molecule has 0 heterocycles. The lowest BCUT2D eigenvalue weighted by molar-refractivity contribution is 0.0682. The first-order valence-corrected chi connectivity index (χ1v) is 9.23. The Morgan fingerprint density at radius 3 is 2.04 bits per heavy atom. The Hall–Kier alpha value is -1.94. The average Bonchev–Trinajstić information content (AvgIpc) is 2.63. The molecule has 0 unspecified atom stereocenters. The summed E-state index contributed by atoms with van der Waals surface area (Å²) in [5, 5.41) is 28.4. The summed E-state index contributed by atoms with van der Waals surface area (Å²) in [6.45, 7) is 3.64. The van der Waals surface area contributed by atoms with Gasteiger partial charge in [-0.2, -0.15) is 0 Å². The van der Waals surface area contributed by atoms with E-state index in [1.54, 1.807) is 0 Å². The van der Waals surface area contributed by atoms with E-state index in [0.717, 1.165) is 47.9 Å². The third kappa shape index (κ3) is 7.12. The molecular weight excluding hydrogens is 324 g/mol. The van der Waals surface area contributed by atoms with Gasteiger partial charge in [-0.25, -0.2) is 0 Å². The number of aliphatic hydroxyl groups excluding tert-OH is 2. The molecule has 140 valence electrons. The molecule has 3 nitrogen and oxygen atoms in total. The summed E-state index contributed by atoms with van der Waals surface area (Å²) < 4.78 is 0. The predicted molar refractivity (Wildman–Crippen MR) is 108 cm³/mol. The highest BCUT2D eigenvalue weighted by molar-refractivity contribution is 5.70. The summed E-state index contributed by atoms with van der Waals surface area (Å²) >= 11 is 0. The van der Waals surface area contributed by atoms with E-state index in [1.165, 1.54) is 5.56 Å². The van der Waals surface area contributed by atoms with Crippen LogP contribution in [0.15, 0.2) is 42.5 Å². The monoisotopic (exact) mass is 354 g/mol. The second-order valence-corrected chi connectivity index (χ2v) is 7.50. The van der Waals surface area contributed by atoms with Crippen molar-refractivity contribution in [1.82, 2.24) is 0 Å². The predicted octanol–water partition coefficient (Wildman–Crippen LogP) is 4.33. The molecule has 26 heavy (non-hydrogen) atoms. The smallest absolute Gasteiger partial charge is 0.0682 e. The molecule has 0 spiro atoms. The van der Waals surface area contributed by atoms with Crippen molar-refractivity contribution in [2.45, 2.75) is 58.3 Å². The second kappa shape index (κ2) is 9.67. The van der Waals surface area contributed by atoms with Crippen LogP contribution in [0.4, 0.5) is 0 Å². The standard InChI is InChI=1S/C23H30O3/c1-23(2,26)11-4-3-6-18-7-5-8-19(12-18)9-10-20-13-21(16-24)15-22(14-20)17-25/h5,7-10,12-15,24-26H,3-4,6,11,16-17H2,1-2H3/b10-9+. The fraction of sp³-hybridized carbons (Fsp3) is 0.391. The molecule has 0 aliphatic carbocycles. The Bertz CT molecular complexity index is 704. The van der Waals surface area contributed by atoms with Gasteiger partial charge >= 0.3 is 0 Å². The molecular formula is C23H30O3. The van der Waals surface area contributed by atoms with E-state index in [9.17, 15) is 15.3 Å². The van der Waals surface area contributed by atoms with Crippen molar-refractivity contribution < 1.29 is 15.3 Å². The molecule has 0 fully saturated rings. The minimum atomic E-state index is -0.582. The van der Waals surface area contributed by atoms with Gasteiger partial charge < -0.3 is 15.3 Å². The van der Waals surface area contributed by atoms with Gasteiger partial charge in [-0.1, -0.05) is 48.9 Å². The summed E-state index contributed by atoms with van der Waals surface area (Å²) in [6.07, 6.45) is 7.97. The SMILES string of the molecule is CC(C)(O)CCCCc1cccc(/C=C/c2cc(CO)cc(CO)c2)c1. The maximum absolute atomic E-state index is 9.77. The third-order valence-corrected chi connectivity index (χ3v) is 4.36. The first kappa shape index (κ1) is 20.4. The van der Waals surface area contributed by atoms with Gasteiger partial charge in [0.25, 0.3) is 0 Å². The highest BCUT2D eigenvalue weighted by atomic mass is 16.3. The van der Waals surface area contributed by atoms with Gasteiger partial charge in [-0.3, -0.25) is 0 Å². The van der Waals surface area contributed by atoms with Gasteiger partial charge in [-0.15, -0.1) is 0 Å².